The summed E-state index contributed by atoms with van der Waals surface area (Å²) in [7, 11) is 0. The first-order valence-electron chi connectivity index (χ1n) is 8.55. The van der Waals surface area contributed by atoms with Crippen LogP contribution in [0.2, 0.25) is 0 Å². The quantitative estimate of drug-likeness (QED) is 0.876. The zero-order valence-electron chi connectivity index (χ0n) is 14.2. The highest BCUT2D eigenvalue weighted by molar-refractivity contribution is 5.38. The number of benzene rings is 1. The van der Waals surface area contributed by atoms with E-state index in [0.717, 1.165) is 25.8 Å². The Bertz CT molecular complexity index is 670. The van der Waals surface area contributed by atoms with E-state index in [1.165, 1.54) is 12.5 Å². The van der Waals surface area contributed by atoms with Gasteiger partial charge in [0.25, 0.3) is 0 Å². The van der Waals surface area contributed by atoms with Crippen LogP contribution in [0.3, 0.4) is 0 Å². The van der Waals surface area contributed by atoms with Gasteiger partial charge in [-0.05, 0) is 37.7 Å². The molecule has 1 heterocycles. The molecule has 2 N–H and O–H groups in total. The van der Waals surface area contributed by atoms with Crippen molar-refractivity contribution in [1.82, 2.24) is 15.0 Å². The highest BCUT2D eigenvalue weighted by Crippen LogP contribution is 2.40. The largest absolute Gasteiger partial charge is 0.368 e. The van der Waals surface area contributed by atoms with Crippen molar-refractivity contribution in [3.63, 3.8) is 0 Å². The van der Waals surface area contributed by atoms with Gasteiger partial charge in [-0.15, -0.1) is 0 Å². The molecule has 0 aliphatic heterocycles. The highest BCUT2D eigenvalue weighted by atomic mass is 19.1. The number of hydrogen-bond donors (Lipinski definition) is 1. The van der Waals surface area contributed by atoms with Crippen molar-refractivity contribution in [1.29, 1.82) is 0 Å². The fraction of sp³-hybridized carbons (Fsp3) is 0.500. The Kier molecular flexibility index (Phi) is 4.92. The van der Waals surface area contributed by atoms with Gasteiger partial charge < -0.3 is 10.6 Å². The molecule has 1 aromatic carbocycles. The topological polar surface area (TPSA) is 67.9 Å². The van der Waals surface area contributed by atoms with Crippen LogP contribution in [0.25, 0.3) is 0 Å². The molecule has 128 valence electrons. The van der Waals surface area contributed by atoms with Gasteiger partial charge in [0, 0.05) is 12.6 Å². The standard InChI is InChI=1S/C18H24FN5/c1-3-9-24(18-22-16(12(2)19)21-17(20)23-18)15-10-14(11-15)13-7-5-4-6-8-13/h4-8,12,14-15H,3,9-11H2,1-2H3,(H2,20,21,22,23)/t12-,14?,15?/m0/s1. The van der Waals surface area contributed by atoms with E-state index in [-0.39, 0.29) is 11.8 Å². The summed E-state index contributed by atoms with van der Waals surface area (Å²) in [5.74, 6) is 1.26. The molecule has 2 aromatic rings. The minimum atomic E-state index is -1.25. The van der Waals surface area contributed by atoms with Gasteiger partial charge >= 0.3 is 0 Å². The van der Waals surface area contributed by atoms with Crippen molar-refractivity contribution in [2.45, 2.75) is 51.2 Å². The number of nitrogen functional groups attached to an aromatic ring is 1. The third kappa shape index (κ3) is 3.47. The first kappa shape index (κ1) is 16.6. The van der Waals surface area contributed by atoms with Crippen molar-refractivity contribution in [2.24, 2.45) is 0 Å². The van der Waals surface area contributed by atoms with E-state index < -0.39 is 6.17 Å². The van der Waals surface area contributed by atoms with Gasteiger partial charge in [-0.25, -0.2) is 4.39 Å². The molecule has 1 aliphatic carbocycles. The molecular weight excluding hydrogens is 305 g/mol. The van der Waals surface area contributed by atoms with Gasteiger partial charge in [0.2, 0.25) is 11.9 Å². The Balaban J connectivity index is 1.77. The summed E-state index contributed by atoms with van der Waals surface area (Å²) in [5.41, 5.74) is 7.13. The summed E-state index contributed by atoms with van der Waals surface area (Å²) in [6.45, 7) is 4.36. The summed E-state index contributed by atoms with van der Waals surface area (Å²) in [5, 5.41) is 0. The fourth-order valence-electron chi connectivity index (χ4n) is 3.23. The minimum Gasteiger partial charge on any atom is -0.368 e. The molecule has 1 atom stereocenters. The molecule has 3 rings (SSSR count). The van der Waals surface area contributed by atoms with Crippen molar-refractivity contribution >= 4 is 11.9 Å². The predicted molar refractivity (Wildman–Crippen MR) is 93.6 cm³/mol. The number of aromatic nitrogens is 3. The number of nitrogens with zero attached hydrogens (tertiary/aromatic N) is 4. The molecule has 6 heteroatoms. The lowest BCUT2D eigenvalue weighted by atomic mass is 9.75. The van der Waals surface area contributed by atoms with Crippen LogP contribution in [0.1, 0.15) is 56.6 Å². The molecule has 0 unspecified atom stereocenters. The zero-order valence-corrected chi connectivity index (χ0v) is 14.2. The van der Waals surface area contributed by atoms with Crippen LogP contribution >= 0.6 is 0 Å². The van der Waals surface area contributed by atoms with Gasteiger partial charge in [-0.1, -0.05) is 37.3 Å². The number of halogens is 1. The normalized spacial score (nSPS) is 21.1. The summed E-state index contributed by atoms with van der Waals surface area (Å²) in [6.07, 6.45) is 1.82. The van der Waals surface area contributed by atoms with E-state index in [9.17, 15) is 4.39 Å². The van der Waals surface area contributed by atoms with Crippen molar-refractivity contribution < 1.29 is 4.39 Å². The second-order valence-corrected chi connectivity index (χ2v) is 6.39. The minimum absolute atomic E-state index is 0.0829. The smallest absolute Gasteiger partial charge is 0.230 e. The molecule has 0 spiro atoms. The van der Waals surface area contributed by atoms with Gasteiger partial charge in [-0.3, -0.25) is 0 Å². The van der Waals surface area contributed by atoms with Crippen LogP contribution in [0.4, 0.5) is 16.3 Å². The van der Waals surface area contributed by atoms with Crippen molar-refractivity contribution in [3.8, 4) is 0 Å². The van der Waals surface area contributed by atoms with Crippen LogP contribution in [0.5, 0.6) is 0 Å². The second-order valence-electron chi connectivity index (χ2n) is 6.39. The molecule has 0 bridgehead atoms. The Morgan fingerprint density at radius 1 is 1.21 bits per heavy atom. The molecular formula is C18H24FN5. The van der Waals surface area contributed by atoms with E-state index in [1.54, 1.807) is 0 Å². The lowest BCUT2D eigenvalue weighted by Gasteiger charge is -2.43. The predicted octanol–water partition coefficient (Wildman–Crippen LogP) is 3.65. The molecule has 1 saturated carbocycles. The number of anilines is 2. The van der Waals surface area contributed by atoms with E-state index in [2.05, 4.69) is 51.0 Å². The molecule has 1 fully saturated rings. The van der Waals surface area contributed by atoms with E-state index >= 15 is 0 Å². The first-order chi connectivity index (χ1) is 11.6. The Hall–Kier alpha value is -2.24. The Morgan fingerprint density at radius 3 is 2.54 bits per heavy atom. The van der Waals surface area contributed by atoms with Crippen LogP contribution in [0, 0.1) is 0 Å². The molecule has 0 amide bonds. The second kappa shape index (κ2) is 7.11. The average molecular weight is 329 g/mol. The summed E-state index contributed by atoms with van der Waals surface area (Å²) in [6, 6.07) is 10.9. The summed E-state index contributed by atoms with van der Waals surface area (Å²) in [4.78, 5) is 14.6. The van der Waals surface area contributed by atoms with Crippen LogP contribution in [-0.2, 0) is 0 Å². The lowest BCUT2D eigenvalue weighted by Crippen LogP contribution is -2.45. The maximum absolute atomic E-state index is 13.6. The Labute approximate surface area is 142 Å². The molecule has 1 aliphatic rings. The number of hydrogen-bond acceptors (Lipinski definition) is 5. The first-order valence-corrected chi connectivity index (χ1v) is 8.55. The van der Waals surface area contributed by atoms with Crippen molar-refractivity contribution in [2.75, 3.05) is 17.2 Å². The third-order valence-corrected chi connectivity index (χ3v) is 4.56. The maximum Gasteiger partial charge on any atom is 0.230 e. The summed E-state index contributed by atoms with van der Waals surface area (Å²) < 4.78 is 13.6. The SMILES string of the molecule is CCCN(c1nc(N)nc([C@H](C)F)n1)C1CC(c2ccccc2)C1. The van der Waals surface area contributed by atoms with Gasteiger partial charge in [0.15, 0.2) is 12.0 Å². The van der Waals surface area contributed by atoms with Crippen LogP contribution < -0.4 is 10.6 Å². The van der Waals surface area contributed by atoms with Gasteiger partial charge in [0.05, 0.1) is 0 Å². The monoisotopic (exact) mass is 329 g/mol. The van der Waals surface area contributed by atoms with Crippen LogP contribution in [-0.4, -0.2) is 27.5 Å². The van der Waals surface area contributed by atoms with E-state index in [0.29, 0.717) is 17.9 Å². The zero-order chi connectivity index (χ0) is 17.1. The number of nitrogens with two attached hydrogens (primary N) is 1. The van der Waals surface area contributed by atoms with Crippen LogP contribution in [0.15, 0.2) is 30.3 Å². The summed E-state index contributed by atoms with van der Waals surface area (Å²) >= 11 is 0. The number of alkyl halides is 1. The molecule has 0 radical (unpaired) electrons. The van der Waals surface area contributed by atoms with Gasteiger partial charge in [-0.2, -0.15) is 15.0 Å². The molecule has 5 nitrogen and oxygen atoms in total. The van der Waals surface area contributed by atoms with E-state index in [4.69, 9.17) is 5.73 Å². The van der Waals surface area contributed by atoms with Crippen molar-refractivity contribution in [3.05, 3.63) is 41.7 Å². The number of rotatable bonds is 6. The third-order valence-electron chi connectivity index (χ3n) is 4.56. The Morgan fingerprint density at radius 2 is 1.92 bits per heavy atom. The highest BCUT2D eigenvalue weighted by Gasteiger charge is 2.35. The molecule has 24 heavy (non-hydrogen) atoms. The average Bonchev–Trinajstić information content (AvgIpc) is 2.53. The molecule has 0 saturated heterocycles. The fourth-order valence-corrected chi connectivity index (χ4v) is 3.23. The van der Waals surface area contributed by atoms with E-state index in [1.807, 2.05) is 6.07 Å². The van der Waals surface area contributed by atoms with Gasteiger partial charge in [0.1, 0.15) is 0 Å². The maximum atomic E-state index is 13.6. The lowest BCUT2D eigenvalue weighted by molar-refractivity contribution is 0.323. The molecule has 1 aromatic heterocycles.